The highest BCUT2D eigenvalue weighted by molar-refractivity contribution is 6.00. The van der Waals surface area contributed by atoms with E-state index in [0.29, 0.717) is 29.6 Å². The van der Waals surface area contributed by atoms with Crippen LogP contribution in [0.5, 0.6) is 11.8 Å². The van der Waals surface area contributed by atoms with Crippen LogP contribution < -0.4 is 15.0 Å². The Kier molecular flexibility index (Phi) is 5.98. The molecular weight excluding hydrogens is 545 g/mol. The lowest BCUT2D eigenvalue weighted by molar-refractivity contribution is 0.107. The molecule has 0 saturated carbocycles. The summed E-state index contributed by atoms with van der Waals surface area (Å²) in [4.78, 5) is 18.2. The van der Waals surface area contributed by atoms with E-state index in [-0.39, 0.29) is 52.6 Å². The van der Waals surface area contributed by atoms with Gasteiger partial charge >= 0.3 is 6.01 Å². The minimum Gasteiger partial charge on any atom is -0.508 e. The van der Waals surface area contributed by atoms with Crippen LogP contribution in [0, 0.1) is 11.6 Å². The topological polar surface area (TPSA) is 86.6 Å². The summed E-state index contributed by atoms with van der Waals surface area (Å²) in [7, 11) is 0. The molecule has 4 fully saturated rings. The molecule has 0 aliphatic carbocycles. The van der Waals surface area contributed by atoms with Crippen LogP contribution in [0.15, 0.2) is 36.5 Å². The average Bonchev–Trinajstić information content (AvgIpc) is 3.58. The van der Waals surface area contributed by atoms with Crippen LogP contribution in [0.3, 0.4) is 0 Å². The molecule has 0 amide bonds. The molecule has 2 N–H and O–H groups in total. The van der Waals surface area contributed by atoms with Crippen molar-refractivity contribution in [1.29, 1.82) is 0 Å². The van der Waals surface area contributed by atoms with E-state index in [2.05, 4.69) is 25.1 Å². The van der Waals surface area contributed by atoms with E-state index in [1.807, 2.05) is 0 Å². The number of hydrogen-bond donors (Lipinski definition) is 2. The Morgan fingerprint density at radius 1 is 1.12 bits per heavy atom. The molecule has 4 aromatic rings. The van der Waals surface area contributed by atoms with E-state index in [4.69, 9.17) is 9.72 Å². The lowest BCUT2D eigenvalue weighted by Crippen LogP contribution is -2.52. The van der Waals surface area contributed by atoms with E-state index < -0.39 is 23.3 Å². The number of aromatic hydroxyl groups is 1. The first-order chi connectivity index (χ1) is 20.4. The van der Waals surface area contributed by atoms with Crippen LogP contribution in [0.4, 0.5) is 19.0 Å². The largest absolute Gasteiger partial charge is 0.508 e. The number of alkyl halides is 1. The molecule has 2 aromatic heterocycles. The predicted octanol–water partition coefficient (Wildman–Crippen LogP) is 4.72. The number of nitrogens with one attached hydrogen (secondary N) is 1. The van der Waals surface area contributed by atoms with Gasteiger partial charge in [0.2, 0.25) is 0 Å². The number of piperazine rings is 1. The van der Waals surface area contributed by atoms with E-state index in [9.17, 15) is 9.50 Å². The summed E-state index contributed by atoms with van der Waals surface area (Å²) in [6, 6.07) is 7.65. The molecule has 0 radical (unpaired) electrons. The van der Waals surface area contributed by atoms with Crippen molar-refractivity contribution in [2.45, 2.75) is 55.9 Å². The molecule has 4 atom stereocenters. The summed E-state index contributed by atoms with van der Waals surface area (Å²) in [5, 5.41) is 14.9. The zero-order valence-electron chi connectivity index (χ0n) is 23.0. The number of nitrogens with zero attached hydrogens (tertiary/aromatic N) is 5. The molecular formula is C31H31F3N6O2. The summed E-state index contributed by atoms with van der Waals surface area (Å²) in [6.45, 7) is 3.02. The smallest absolute Gasteiger partial charge is 0.319 e. The second-order valence-corrected chi connectivity index (χ2v) is 12.2. The van der Waals surface area contributed by atoms with Gasteiger partial charge in [-0.2, -0.15) is 9.97 Å². The fraction of sp³-hybridized carbons (Fsp3) is 0.452. The quantitative estimate of drug-likeness (QED) is 0.353. The van der Waals surface area contributed by atoms with Crippen LogP contribution in [0.2, 0.25) is 0 Å². The monoisotopic (exact) mass is 576 g/mol. The zero-order chi connectivity index (χ0) is 28.6. The van der Waals surface area contributed by atoms with Gasteiger partial charge in [-0.1, -0.05) is 12.1 Å². The summed E-state index contributed by atoms with van der Waals surface area (Å²) in [5.74, 6) is -0.859. The number of phenolic OH excluding ortho intramolecular Hbond substituents is 1. The van der Waals surface area contributed by atoms with Gasteiger partial charge in [-0.3, -0.25) is 9.88 Å². The second kappa shape index (κ2) is 9.67. The molecule has 218 valence electrons. The first-order valence-corrected chi connectivity index (χ1v) is 14.7. The number of anilines is 1. The van der Waals surface area contributed by atoms with Crippen molar-refractivity contribution in [3.05, 3.63) is 48.2 Å². The first-order valence-electron chi connectivity index (χ1n) is 14.7. The molecule has 4 saturated heterocycles. The lowest BCUT2D eigenvalue weighted by atomic mass is 9.95. The van der Waals surface area contributed by atoms with Crippen molar-refractivity contribution >= 4 is 27.5 Å². The first kappa shape index (κ1) is 26.0. The van der Waals surface area contributed by atoms with Crippen molar-refractivity contribution in [1.82, 2.24) is 25.2 Å². The van der Waals surface area contributed by atoms with Crippen LogP contribution in [-0.4, -0.2) is 81.5 Å². The van der Waals surface area contributed by atoms with E-state index in [0.717, 1.165) is 45.3 Å². The Bertz CT molecular complexity index is 1710. The van der Waals surface area contributed by atoms with Crippen molar-refractivity contribution in [3.63, 3.8) is 0 Å². The van der Waals surface area contributed by atoms with Gasteiger partial charge in [-0.05, 0) is 55.8 Å². The number of rotatable bonds is 5. The van der Waals surface area contributed by atoms with Crippen LogP contribution in [0.1, 0.15) is 32.1 Å². The maximum atomic E-state index is 16.6. The van der Waals surface area contributed by atoms with Gasteiger partial charge in [0.25, 0.3) is 0 Å². The summed E-state index contributed by atoms with van der Waals surface area (Å²) in [5.41, 5.74) is -0.385. The molecule has 42 heavy (non-hydrogen) atoms. The normalized spacial score (nSPS) is 27.3. The van der Waals surface area contributed by atoms with Gasteiger partial charge < -0.3 is 20.1 Å². The summed E-state index contributed by atoms with van der Waals surface area (Å²) in [6.07, 6.45) is 4.80. The zero-order valence-corrected chi connectivity index (χ0v) is 23.0. The molecule has 2 aromatic carbocycles. The molecule has 8 rings (SSSR count). The molecule has 4 aliphatic rings. The van der Waals surface area contributed by atoms with Gasteiger partial charge in [0, 0.05) is 55.3 Å². The molecule has 2 unspecified atom stereocenters. The van der Waals surface area contributed by atoms with Crippen LogP contribution >= 0.6 is 0 Å². The Morgan fingerprint density at radius 3 is 2.79 bits per heavy atom. The van der Waals surface area contributed by atoms with Gasteiger partial charge in [0.15, 0.2) is 5.82 Å². The fourth-order valence-corrected chi connectivity index (χ4v) is 7.80. The third-order valence-corrected chi connectivity index (χ3v) is 9.66. The van der Waals surface area contributed by atoms with Crippen molar-refractivity contribution in [3.8, 4) is 23.0 Å². The molecule has 4 aliphatic heterocycles. The van der Waals surface area contributed by atoms with E-state index in [1.54, 1.807) is 6.07 Å². The third-order valence-electron chi connectivity index (χ3n) is 9.66. The maximum absolute atomic E-state index is 16.6. The number of halogens is 3. The Labute approximate surface area is 240 Å². The highest BCUT2D eigenvalue weighted by Crippen LogP contribution is 2.42. The molecule has 8 nitrogen and oxygen atoms in total. The number of fused-ring (bicyclic) bond motifs is 5. The second-order valence-electron chi connectivity index (χ2n) is 12.2. The maximum Gasteiger partial charge on any atom is 0.319 e. The molecule has 11 heteroatoms. The van der Waals surface area contributed by atoms with E-state index >= 15 is 8.78 Å². The summed E-state index contributed by atoms with van der Waals surface area (Å²) >= 11 is 0. The molecule has 0 spiro atoms. The average molecular weight is 577 g/mol. The fourth-order valence-electron chi connectivity index (χ4n) is 7.80. The van der Waals surface area contributed by atoms with Gasteiger partial charge in [0.05, 0.1) is 10.9 Å². The standard InChI is InChI=1S/C31H31F3N6O2/c32-18-11-31(7-2-8-39(31)15-18)16-42-30-37-28-23(29(38-30)40-19-5-6-20(40)13-35-12-19)14-36-27(26(28)34)22-10-21(41)9-17-3-1-4-24(33)25(17)22/h1,3-4,9-10,14,18-20,35,41H,2,5-8,11-13,15-16H2/t18-,19?,20?,31+/m1/s1. The Balaban J connectivity index is 1.28. The summed E-state index contributed by atoms with van der Waals surface area (Å²) < 4.78 is 52.3. The molecule has 2 bridgehead atoms. The lowest BCUT2D eigenvalue weighted by Gasteiger charge is -2.37. The van der Waals surface area contributed by atoms with Crippen molar-refractivity contribution in [2.75, 3.05) is 37.7 Å². The van der Waals surface area contributed by atoms with Crippen LogP contribution in [-0.2, 0) is 0 Å². The number of pyridine rings is 1. The number of hydrogen-bond acceptors (Lipinski definition) is 8. The van der Waals surface area contributed by atoms with Gasteiger partial charge in [0.1, 0.15) is 41.4 Å². The van der Waals surface area contributed by atoms with Gasteiger partial charge in [-0.25, -0.2) is 13.2 Å². The van der Waals surface area contributed by atoms with Crippen molar-refractivity contribution < 1.29 is 23.0 Å². The molecule has 6 heterocycles. The van der Waals surface area contributed by atoms with E-state index in [1.165, 1.54) is 30.5 Å². The van der Waals surface area contributed by atoms with Gasteiger partial charge in [-0.15, -0.1) is 0 Å². The highest BCUT2D eigenvalue weighted by atomic mass is 19.1. The number of aromatic nitrogens is 3. The highest BCUT2D eigenvalue weighted by Gasteiger charge is 2.49. The minimum atomic E-state index is -0.901. The van der Waals surface area contributed by atoms with Crippen LogP contribution in [0.25, 0.3) is 32.9 Å². The minimum absolute atomic E-state index is 0.0151. The SMILES string of the molecule is Oc1cc(-c2ncc3c(N4C5CCC4CNC5)nc(OC[C@@]45CCCN4C[C@H](F)C5)nc3c2F)c2c(F)cccc2c1. The predicted molar refractivity (Wildman–Crippen MR) is 153 cm³/mol. The third kappa shape index (κ3) is 4.00. The number of benzene rings is 2. The Hall–Kier alpha value is -3.70. The number of ether oxygens (including phenoxy) is 1. The number of phenols is 1. The van der Waals surface area contributed by atoms with Crippen molar-refractivity contribution in [2.24, 2.45) is 0 Å². The Morgan fingerprint density at radius 2 is 1.95 bits per heavy atom.